The SMILES string of the molecule is CCCC1CCN(S(=O)(=O)c2cnc(NN)c(Cl)c2)C1. The van der Waals surface area contributed by atoms with E-state index in [4.69, 9.17) is 17.4 Å². The molecule has 1 aromatic rings. The Balaban J connectivity index is 2.21. The summed E-state index contributed by atoms with van der Waals surface area (Å²) < 4.78 is 26.5. The van der Waals surface area contributed by atoms with E-state index in [1.165, 1.54) is 16.6 Å². The molecule has 1 aromatic heterocycles. The average molecular weight is 319 g/mol. The summed E-state index contributed by atoms with van der Waals surface area (Å²) in [5.41, 5.74) is 2.32. The zero-order valence-corrected chi connectivity index (χ0v) is 12.9. The number of nitrogen functional groups attached to an aromatic ring is 1. The number of halogens is 1. The van der Waals surface area contributed by atoms with Crippen molar-refractivity contribution >= 4 is 27.4 Å². The summed E-state index contributed by atoms with van der Waals surface area (Å²) in [7, 11) is -3.52. The monoisotopic (exact) mass is 318 g/mol. The number of hydrazine groups is 1. The molecule has 1 fully saturated rings. The minimum Gasteiger partial charge on any atom is -0.307 e. The summed E-state index contributed by atoms with van der Waals surface area (Å²) in [6.45, 7) is 3.24. The van der Waals surface area contributed by atoms with Gasteiger partial charge in [-0.25, -0.2) is 19.2 Å². The van der Waals surface area contributed by atoms with Gasteiger partial charge < -0.3 is 5.43 Å². The van der Waals surface area contributed by atoms with Gasteiger partial charge in [0, 0.05) is 19.3 Å². The minimum absolute atomic E-state index is 0.110. The quantitative estimate of drug-likeness (QED) is 0.638. The lowest BCUT2D eigenvalue weighted by molar-refractivity contribution is 0.444. The Morgan fingerprint density at radius 3 is 2.95 bits per heavy atom. The lowest BCUT2D eigenvalue weighted by Crippen LogP contribution is -2.29. The second-order valence-corrected chi connectivity index (χ2v) is 7.30. The highest BCUT2D eigenvalue weighted by molar-refractivity contribution is 7.89. The molecule has 2 heterocycles. The molecule has 0 saturated carbocycles. The number of sulfonamides is 1. The van der Waals surface area contributed by atoms with Gasteiger partial charge in [-0.3, -0.25) is 0 Å². The normalized spacial score (nSPS) is 20.2. The first-order valence-corrected chi connectivity index (χ1v) is 8.43. The van der Waals surface area contributed by atoms with Crippen molar-refractivity contribution < 1.29 is 8.42 Å². The van der Waals surface area contributed by atoms with Crippen LogP contribution in [0.4, 0.5) is 5.82 Å². The van der Waals surface area contributed by atoms with Gasteiger partial charge in [-0.1, -0.05) is 24.9 Å². The first kappa shape index (κ1) is 15.5. The molecule has 1 saturated heterocycles. The number of hydrogen-bond donors (Lipinski definition) is 2. The van der Waals surface area contributed by atoms with Crippen LogP contribution in [0.2, 0.25) is 5.02 Å². The third-order valence-corrected chi connectivity index (χ3v) is 5.65. The Kier molecular flexibility index (Phi) is 4.85. The number of nitrogens with zero attached hydrogens (tertiary/aromatic N) is 2. The van der Waals surface area contributed by atoms with E-state index in [1.54, 1.807) is 0 Å². The molecule has 1 atom stereocenters. The van der Waals surface area contributed by atoms with Crippen molar-refractivity contribution in [3.63, 3.8) is 0 Å². The van der Waals surface area contributed by atoms with E-state index in [2.05, 4.69) is 17.3 Å². The Labute approximate surface area is 124 Å². The highest BCUT2D eigenvalue weighted by Gasteiger charge is 2.32. The smallest absolute Gasteiger partial charge is 0.244 e. The number of rotatable bonds is 5. The van der Waals surface area contributed by atoms with Gasteiger partial charge in [0.25, 0.3) is 0 Å². The molecule has 3 N–H and O–H groups in total. The van der Waals surface area contributed by atoms with Crippen molar-refractivity contribution in [1.29, 1.82) is 0 Å². The molecule has 8 heteroatoms. The third kappa shape index (κ3) is 3.06. The Morgan fingerprint density at radius 1 is 1.60 bits per heavy atom. The maximum atomic E-state index is 12.5. The highest BCUT2D eigenvalue weighted by Crippen LogP contribution is 2.29. The standard InChI is InChI=1S/C12H19ClN4O2S/c1-2-3-9-4-5-17(8-9)20(18,19)10-6-11(13)12(16-14)15-7-10/h6-7,9H,2-5,8,14H2,1H3,(H,15,16). The molecule has 0 radical (unpaired) electrons. The van der Waals surface area contributed by atoms with Crippen LogP contribution >= 0.6 is 11.6 Å². The predicted molar refractivity (Wildman–Crippen MR) is 78.8 cm³/mol. The second kappa shape index (κ2) is 6.26. The minimum atomic E-state index is -3.52. The van der Waals surface area contributed by atoms with Crippen molar-refractivity contribution in [1.82, 2.24) is 9.29 Å². The van der Waals surface area contributed by atoms with E-state index in [1.807, 2.05) is 0 Å². The largest absolute Gasteiger partial charge is 0.307 e. The van der Waals surface area contributed by atoms with E-state index in [0.717, 1.165) is 19.3 Å². The summed E-state index contributed by atoms with van der Waals surface area (Å²) in [6, 6.07) is 1.38. The van der Waals surface area contributed by atoms with Crippen LogP contribution in [0.3, 0.4) is 0 Å². The number of nitrogens with two attached hydrogens (primary N) is 1. The summed E-state index contributed by atoms with van der Waals surface area (Å²) in [4.78, 5) is 4.03. The zero-order chi connectivity index (χ0) is 14.8. The van der Waals surface area contributed by atoms with Gasteiger partial charge in [-0.05, 0) is 24.8 Å². The van der Waals surface area contributed by atoms with E-state index in [0.29, 0.717) is 19.0 Å². The third-order valence-electron chi connectivity index (χ3n) is 3.54. The fourth-order valence-electron chi connectivity index (χ4n) is 2.48. The molecule has 1 aliphatic heterocycles. The molecule has 6 nitrogen and oxygen atoms in total. The van der Waals surface area contributed by atoms with Gasteiger partial charge >= 0.3 is 0 Å². The van der Waals surface area contributed by atoms with Gasteiger partial charge in [0.1, 0.15) is 4.90 Å². The first-order valence-electron chi connectivity index (χ1n) is 6.61. The van der Waals surface area contributed by atoms with Crippen LogP contribution < -0.4 is 11.3 Å². The molecule has 0 bridgehead atoms. The Hall–Kier alpha value is -0.890. The number of nitrogens with one attached hydrogen (secondary N) is 1. The van der Waals surface area contributed by atoms with Crippen molar-refractivity contribution in [3.05, 3.63) is 17.3 Å². The van der Waals surface area contributed by atoms with Crippen molar-refractivity contribution in [2.75, 3.05) is 18.5 Å². The van der Waals surface area contributed by atoms with Crippen molar-refractivity contribution in [2.24, 2.45) is 11.8 Å². The summed E-state index contributed by atoms with van der Waals surface area (Å²) in [6.07, 6.45) is 4.32. The van der Waals surface area contributed by atoms with E-state index < -0.39 is 10.0 Å². The molecule has 2 rings (SSSR count). The fraction of sp³-hybridized carbons (Fsp3) is 0.583. The van der Waals surface area contributed by atoms with Gasteiger partial charge in [0.05, 0.1) is 5.02 Å². The number of anilines is 1. The lowest BCUT2D eigenvalue weighted by Gasteiger charge is -2.17. The van der Waals surface area contributed by atoms with Gasteiger partial charge in [-0.2, -0.15) is 4.31 Å². The topological polar surface area (TPSA) is 88.3 Å². The number of pyridine rings is 1. The van der Waals surface area contributed by atoms with Gasteiger partial charge in [-0.15, -0.1) is 0 Å². The number of aromatic nitrogens is 1. The second-order valence-electron chi connectivity index (χ2n) is 4.95. The van der Waals surface area contributed by atoms with Crippen LogP contribution in [0.1, 0.15) is 26.2 Å². The summed E-state index contributed by atoms with van der Waals surface area (Å²) >= 11 is 5.93. The fourth-order valence-corrected chi connectivity index (χ4v) is 4.27. The molecular formula is C12H19ClN4O2S. The summed E-state index contributed by atoms with van der Waals surface area (Å²) in [5, 5.41) is 0.192. The number of hydrogen-bond acceptors (Lipinski definition) is 5. The zero-order valence-electron chi connectivity index (χ0n) is 11.3. The van der Waals surface area contributed by atoms with Crippen LogP contribution in [0.15, 0.2) is 17.2 Å². The van der Waals surface area contributed by atoms with Crippen LogP contribution in [0.5, 0.6) is 0 Å². The van der Waals surface area contributed by atoms with Crippen LogP contribution in [-0.4, -0.2) is 30.8 Å². The molecule has 1 aliphatic rings. The molecule has 0 spiro atoms. The molecule has 0 aromatic carbocycles. The van der Waals surface area contributed by atoms with E-state index in [-0.39, 0.29) is 15.7 Å². The van der Waals surface area contributed by atoms with Gasteiger partial charge in [0.2, 0.25) is 10.0 Å². The highest BCUT2D eigenvalue weighted by atomic mass is 35.5. The van der Waals surface area contributed by atoms with Crippen LogP contribution in [-0.2, 0) is 10.0 Å². The van der Waals surface area contributed by atoms with Crippen LogP contribution in [0.25, 0.3) is 0 Å². The maximum absolute atomic E-state index is 12.5. The predicted octanol–water partition coefficient (Wildman–Crippen LogP) is 1.83. The molecular weight excluding hydrogens is 300 g/mol. The molecule has 0 aliphatic carbocycles. The Morgan fingerprint density at radius 2 is 2.35 bits per heavy atom. The first-order chi connectivity index (χ1) is 9.48. The summed E-state index contributed by atoms with van der Waals surface area (Å²) in [5.74, 6) is 5.93. The Bertz CT molecular complexity index is 579. The van der Waals surface area contributed by atoms with Crippen molar-refractivity contribution in [3.8, 4) is 0 Å². The molecule has 0 amide bonds. The van der Waals surface area contributed by atoms with Crippen molar-refractivity contribution in [2.45, 2.75) is 31.1 Å². The van der Waals surface area contributed by atoms with E-state index >= 15 is 0 Å². The van der Waals surface area contributed by atoms with E-state index in [9.17, 15) is 8.42 Å². The maximum Gasteiger partial charge on any atom is 0.244 e. The molecule has 1 unspecified atom stereocenters. The lowest BCUT2D eigenvalue weighted by atomic mass is 10.0. The average Bonchev–Trinajstić information content (AvgIpc) is 2.88. The molecule has 112 valence electrons. The molecule has 20 heavy (non-hydrogen) atoms. The van der Waals surface area contributed by atoms with Crippen LogP contribution in [0, 0.1) is 5.92 Å². The van der Waals surface area contributed by atoms with Gasteiger partial charge in [0.15, 0.2) is 5.82 Å².